The molecule has 1 amide bonds. The van der Waals surface area contributed by atoms with Crippen LogP contribution in [0, 0.1) is 12.7 Å². The number of fused-ring (bicyclic) bond motifs is 1. The van der Waals surface area contributed by atoms with Crippen molar-refractivity contribution in [2.45, 2.75) is 26.2 Å². The van der Waals surface area contributed by atoms with Gasteiger partial charge >= 0.3 is 12.1 Å². The monoisotopic (exact) mass is 432 g/mol. The summed E-state index contributed by atoms with van der Waals surface area (Å²) in [6, 6.07) is 10.7. The normalized spacial score (nSPS) is 11.8. The number of hydrogen-bond donors (Lipinski definition) is 1. The van der Waals surface area contributed by atoms with Gasteiger partial charge in [0.2, 0.25) is 11.7 Å². The lowest BCUT2D eigenvalue weighted by Crippen LogP contribution is -2.26. The minimum Gasteiger partial charge on any atom is -0.350 e. The number of hydrogen-bond acceptors (Lipinski definition) is 4. The fourth-order valence-electron chi connectivity index (χ4n) is 3.21. The highest BCUT2D eigenvalue weighted by atomic mass is 19.4. The molecule has 31 heavy (non-hydrogen) atoms. The van der Waals surface area contributed by atoms with Crippen molar-refractivity contribution in [3.05, 3.63) is 71.5 Å². The minimum absolute atomic E-state index is 0.0469. The first-order valence-electron chi connectivity index (χ1n) is 9.22. The summed E-state index contributed by atoms with van der Waals surface area (Å²) in [5.74, 6) is -2.16. The number of carbonyl (C=O) groups excluding carboxylic acids is 1. The van der Waals surface area contributed by atoms with Gasteiger partial charge in [-0.25, -0.2) is 4.39 Å². The van der Waals surface area contributed by atoms with Gasteiger partial charge in [0.1, 0.15) is 12.4 Å². The molecular formula is C21H16F4N4O2. The van der Waals surface area contributed by atoms with Crippen molar-refractivity contribution in [1.29, 1.82) is 0 Å². The highest BCUT2D eigenvalue weighted by Crippen LogP contribution is 2.31. The van der Waals surface area contributed by atoms with Crippen LogP contribution in [0.3, 0.4) is 0 Å². The zero-order valence-corrected chi connectivity index (χ0v) is 16.2. The summed E-state index contributed by atoms with van der Waals surface area (Å²) in [5.41, 5.74) is 2.71. The SMILES string of the molecule is Cc1cn(CC(=O)NCc2ccc(F)cc2)c2ccc(-c3noc(C(F)(F)F)n3)cc12. The Morgan fingerprint density at radius 2 is 1.90 bits per heavy atom. The van der Waals surface area contributed by atoms with Gasteiger partial charge in [0.25, 0.3) is 0 Å². The summed E-state index contributed by atoms with van der Waals surface area (Å²) >= 11 is 0. The van der Waals surface area contributed by atoms with Crippen LogP contribution in [0.25, 0.3) is 22.3 Å². The summed E-state index contributed by atoms with van der Waals surface area (Å²) in [6.45, 7) is 2.14. The van der Waals surface area contributed by atoms with Crippen LogP contribution in [-0.2, 0) is 24.1 Å². The van der Waals surface area contributed by atoms with Gasteiger partial charge in [0.15, 0.2) is 0 Å². The second kappa shape index (κ2) is 7.86. The van der Waals surface area contributed by atoms with Crippen LogP contribution in [-0.4, -0.2) is 20.6 Å². The Morgan fingerprint density at radius 3 is 2.58 bits per heavy atom. The number of rotatable bonds is 5. The van der Waals surface area contributed by atoms with Crippen LogP contribution in [0.4, 0.5) is 17.6 Å². The van der Waals surface area contributed by atoms with Crippen LogP contribution in [0.15, 0.2) is 53.2 Å². The molecule has 0 saturated carbocycles. The maximum Gasteiger partial charge on any atom is 0.471 e. The number of halogens is 4. The van der Waals surface area contributed by atoms with Crippen LogP contribution in [0.1, 0.15) is 17.0 Å². The molecule has 4 aromatic rings. The summed E-state index contributed by atoms with van der Waals surface area (Å²) < 4.78 is 57.1. The lowest BCUT2D eigenvalue weighted by molar-refractivity contribution is -0.159. The number of benzene rings is 2. The smallest absolute Gasteiger partial charge is 0.350 e. The van der Waals surface area contributed by atoms with Crippen LogP contribution in [0.2, 0.25) is 0 Å². The van der Waals surface area contributed by atoms with Crippen LogP contribution in [0.5, 0.6) is 0 Å². The first-order chi connectivity index (χ1) is 14.7. The van der Waals surface area contributed by atoms with Crippen LogP contribution >= 0.6 is 0 Å². The van der Waals surface area contributed by atoms with Gasteiger partial charge in [-0.05, 0) is 48.4 Å². The summed E-state index contributed by atoms with van der Waals surface area (Å²) in [6.07, 6.45) is -2.93. The Kier molecular flexibility index (Phi) is 5.22. The number of alkyl halides is 3. The number of nitrogens with one attached hydrogen (secondary N) is 1. The summed E-state index contributed by atoms with van der Waals surface area (Å²) in [7, 11) is 0. The molecule has 2 aromatic heterocycles. The van der Waals surface area contributed by atoms with Gasteiger partial charge in [-0.3, -0.25) is 4.79 Å². The lowest BCUT2D eigenvalue weighted by atomic mass is 10.1. The van der Waals surface area contributed by atoms with Crippen molar-refractivity contribution in [3.63, 3.8) is 0 Å². The average Bonchev–Trinajstić information content (AvgIpc) is 3.33. The zero-order valence-electron chi connectivity index (χ0n) is 16.2. The highest BCUT2D eigenvalue weighted by Gasteiger charge is 2.38. The third-order valence-electron chi connectivity index (χ3n) is 4.72. The van der Waals surface area contributed by atoms with E-state index in [0.29, 0.717) is 5.56 Å². The fraction of sp³-hybridized carbons (Fsp3) is 0.190. The van der Waals surface area contributed by atoms with E-state index in [1.54, 1.807) is 41.1 Å². The van der Waals surface area contributed by atoms with Crippen molar-refractivity contribution in [2.75, 3.05) is 0 Å². The Bertz CT molecular complexity index is 1240. The molecule has 10 heteroatoms. The third kappa shape index (κ3) is 4.42. The van der Waals surface area contributed by atoms with E-state index in [1.165, 1.54) is 12.1 Å². The lowest BCUT2D eigenvalue weighted by Gasteiger charge is -2.08. The van der Waals surface area contributed by atoms with E-state index in [-0.39, 0.29) is 30.6 Å². The predicted molar refractivity (Wildman–Crippen MR) is 103 cm³/mol. The molecule has 2 heterocycles. The van der Waals surface area contributed by atoms with E-state index in [2.05, 4.69) is 20.0 Å². The van der Waals surface area contributed by atoms with Crippen LogP contribution < -0.4 is 5.32 Å². The molecule has 0 atom stereocenters. The minimum atomic E-state index is -4.71. The van der Waals surface area contributed by atoms with Crippen molar-refractivity contribution in [3.8, 4) is 11.4 Å². The molecule has 0 aliphatic heterocycles. The third-order valence-corrected chi connectivity index (χ3v) is 4.72. The van der Waals surface area contributed by atoms with Crippen molar-refractivity contribution >= 4 is 16.8 Å². The number of amides is 1. The largest absolute Gasteiger partial charge is 0.471 e. The molecule has 4 rings (SSSR count). The average molecular weight is 432 g/mol. The van der Waals surface area contributed by atoms with Gasteiger partial charge in [-0.15, -0.1) is 0 Å². The topological polar surface area (TPSA) is 73.0 Å². The maximum atomic E-state index is 13.0. The Labute approximate surface area is 173 Å². The van der Waals surface area contributed by atoms with E-state index < -0.39 is 12.1 Å². The van der Waals surface area contributed by atoms with Gasteiger partial charge < -0.3 is 14.4 Å². The second-order valence-corrected chi connectivity index (χ2v) is 7.00. The van der Waals surface area contributed by atoms with Gasteiger partial charge in [0.05, 0.1) is 0 Å². The first kappa shape index (κ1) is 20.6. The molecule has 1 N–H and O–H groups in total. The Hall–Kier alpha value is -3.69. The van der Waals surface area contributed by atoms with Gasteiger partial charge in [-0.1, -0.05) is 17.3 Å². The molecule has 2 aromatic carbocycles. The Balaban J connectivity index is 1.51. The van der Waals surface area contributed by atoms with Gasteiger partial charge in [0, 0.05) is 29.2 Å². The molecule has 0 fully saturated rings. The van der Waals surface area contributed by atoms with E-state index in [0.717, 1.165) is 22.0 Å². The standard InChI is InChI=1S/C21H16F4N4O2/c1-12-10-29(11-18(30)26-9-13-2-5-15(22)6-3-13)17-7-4-14(8-16(12)17)19-27-20(31-28-19)21(23,24)25/h2-8,10H,9,11H2,1H3,(H,26,30). The zero-order chi connectivity index (χ0) is 22.2. The van der Waals surface area contributed by atoms with E-state index in [1.807, 2.05) is 6.92 Å². The van der Waals surface area contributed by atoms with Crippen molar-refractivity contribution in [2.24, 2.45) is 0 Å². The number of aryl methyl sites for hydroxylation is 1. The quantitative estimate of drug-likeness (QED) is 0.472. The van der Waals surface area contributed by atoms with E-state index in [4.69, 9.17) is 0 Å². The van der Waals surface area contributed by atoms with E-state index in [9.17, 15) is 22.4 Å². The predicted octanol–water partition coefficient (Wildman–Crippen LogP) is 4.47. The summed E-state index contributed by atoms with van der Waals surface area (Å²) in [4.78, 5) is 15.8. The molecule has 0 spiro atoms. The molecule has 0 radical (unpaired) electrons. The number of aromatic nitrogens is 3. The second-order valence-electron chi connectivity index (χ2n) is 7.00. The molecule has 0 unspecified atom stereocenters. The maximum absolute atomic E-state index is 13.0. The van der Waals surface area contributed by atoms with Crippen molar-refractivity contribution < 1.29 is 26.9 Å². The summed E-state index contributed by atoms with van der Waals surface area (Å²) in [5, 5.41) is 6.93. The molecule has 160 valence electrons. The molecule has 0 aliphatic carbocycles. The van der Waals surface area contributed by atoms with Gasteiger partial charge in [-0.2, -0.15) is 18.2 Å². The highest BCUT2D eigenvalue weighted by molar-refractivity contribution is 5.89. The van der Waals surface area contributed by atoms with E-state index >= 15 is 0 Å². The first-order valence-corrected chi connectivity index (χ1v) is 9.22. The molecular weight excluding hydrogens is 416 g/mol. The molecule has 0 saturated heterocycles. The number of nitrogens with zero attached hydrogens (tertiary/aromatic N) is 3. The Morgan fingerprint density at radius 1 is 1.16 bits per heavy atom. The molecule has 6 nitrogen and oxygen atoms in total. The number of carbonyl (C=O) groups is 1. The molecule has 0 bridgehead atoms. The fourth-order valence-corrected chi connectivity index (χ4v) is 3.21. The molecule has 0 aliphatic rings. The van der Waals surface area contributed by atoms with Crippen molar-refractivity contribution in [1.82, 2.24) is 20.0 Å².